The summed E-state index contributed by atoms with van der Waals surface area (Å²) in [5.41, 5.74) is 9.95. The second-order valence-electron chi connectivity index (χ2n) is 6.40. The fraction of sp³-hybridized carbons (Fsp3) is 0.647. The van der Waals surface area contributed by atoms with E-state index in [1.54, 1.807) is 0 Å². The van der Waals surface area contributed by atoms with Gasteiger partial charge in [-0.25, -0.2) is 0 Å². The third-order valence-corrected chi connectivity index (χ3v) is 4.88. The van der Waals surface area contributed by atoms with Gasteiger partial charge in [0, 0.05) is 58.0 Å². The molecule has 1 fully saturated rings. The van der Waals surface area contributed by atoms with Crippen LogP contribution in [0.25, 0.3) is 0 Å². The molecular weight excluding hydrogens is 260 g/mol. The summed E-state index contributed by atoms with van der Waals surface area (Å²) < 4.78 is 0. The Kier molecular flexibility index (Phi) is 4.78. The van der Waals surface area contributed by atoms with Crippen LogP contribution >= 0.6 is 0 Å². The van der Waals surface area contributed by atoms with E-state index < -0.39 is 0 Å². The van der Waals surface area contributed by atoms with Crippen molar-refractivity contribution in [1.82, 2.24) is 9.80 Å². The molecule has 0 bridgehead atoms. The number of benzene rings is 1. The van der Waals surface area contributed by atoms with Crippen LogP contribution in [0.2, 0.25) is 0 Å². The molecule has 0 radical (unpaired) electrons. The Morgan fingerprint density at radius 2 is 1.86 bits per heavy atom. The van der Waals surface area contributed by atoms with Crippen molar-refractivity contribution in [2.24, 2.45) is 5.73 Å². The molecule has 4 heteroatoms. The number of rotatable bonds is 4. The van der Waals surface area contributed by atoms with Gasteiger partial charge < -0.3 is 15.5 Å². The molecule has 21 heavy (non-hydrogen) atoms. The molecule has 2 aliphatic heterocycles. The number of nitrogens with zero attached hydrogens (tertiary/aromatic N) is 3. The summed E-state index contributed by atoms with van der Waals surface area (Å²) in [4.78, 5) is 7.58. The van der Waals surface area contributed by atoms with E-state index in [2.05, 4.69) is 39.9 Å². The lowest BCUT2D eigenvalue weighted by atomic mass is 9.99. The molecule has 1 aromatic rings. The van der Waals surface area contributed by atoms with Crippen molar-refractivity contribution in [2.45, 2.75) is 19.4 Å². The van der Waals surface area contributed by atoms with Gasteiger partial charge in [0.25, 0.3) is 0 Å². The van der Waals surface area contributed by atoms with E-state index in [0.717, 1.165) is 6.54 Å². The van der Waals surface area contributed by atoms with E-state index in [-0.39, 0.29) is 0 Å². The number of hydrogen-bond donors (Lipinski definition) is 1. The smallest absolute Gasteiger partial charge is 0.0399 e. The molecule has 0 saturated carbocycles. The Morgan fingerprint density at radius 1 is 1.05 bits per heavy atom. The van der Waals surface area contributed by atoms with Crippen LogP contribution in [0, 0.1) is 0 Å². The van der Waals surface area contributed by atoms with Crippen LogP contribution in [0.4, 0.5) is 5.69 Å². The normalized spacial score (nSPS) is 20.6. The number of anilines is 1. The Bertz CT molecular complexity index is 466. The summed E-state index contributed by atoms with van der Waals surface area (Å²) in [7, 11) is 2.22. The maximum atomic E-state index is 5.76. The standard InChI is InChI=1S/C17H28N4/c1-19-7-9-20(10-8-19)11-12-21-6-2-3-16-13-15(14-18)4-5-17(16)21/h4-5,13H,2-3,6-12,14,18H2,1H3. The van der Waals surface area contributed by atoms with Gasteiger partial charge >= 0.3 is 0 Å². The minimum absolute atomic E-state index is 0.647. The Morgan fingerprint density at radius 3 is 2.62 bits per heavy atom. The number of likely N-dealkylation sites (N-methyl/N-ethyl adjacent to an activating group) is 1. The number of hydrogen-bond acceptors (Lipinski definition) is 4. The van der Waals surface area contributed by atoms with Gasteiger partial charge in [-0.15, -0.1) is 0 Å². The first-order chi connectivity index (χ1) is 10.3. The predicted molar refractivity (Wildman–Crippen MR) is 88.8 cm³/mol. The first-order valence-corrected chi connectivity index (χ1v) is 8.24. The Labute approximate surface area is 128 Å². The van der Waals surface area contributed by atoms with Crippen LogP contribution in [-0.4, -0.2) is 62.7 Å². The van der Waals surface area contributed by atoms with Gasteiger partial charge in [0.05, 0.1) is 0 Å². The monoisotopic (exact) mass is 288 g/mol. The topological polar surface area (TPSA) is 35.7 Å². The van der Waals surface area contributed by atoms with Crippen molar-refractivity contribution in [3.63, 3.8) is 0 Å². The highest BCUT2D eigenvalue weighted by Gasteiger charge is 2.19. The fourth-order valence-electron chi connectivity index (χ4n) is 3.42. The van der Waals surface area contributed by atoms with Gasteiger partial charge in [-0.3, -0.25) is 4.90 Å². The number of nitrogens with two attached hydrogens (primary N) is 1. The molecule has 0 unspecified atom stereocenters. The van der Waals surface area contributed by atoms with Gasteiger partial charge in [0.15, 0.2) is 0 Å². The van der Waals surface area contributed by atoms with Crippen LogP contribution in [0.15, 0.2) is 18.2 Å². The van der Waals surface area contributed by atoms with Gasteiger partial charge in [-0.05, 0) is 37.1 Å². The van der Waals surface area contributed by atoms with Gasteiger partial charge in [-0.1, -0.05) is 12.1 Å². The zero-order chi connectivity index (χ0) is 14.7. The summed E-state index contributed by atoms with van der Waals surface area (Å²) >= 11 is 0. The second-order valence-corrected chi connectivity index (χ2v) is 6.40. The maximum Gasteiger partial charge on any atom is 0.0399 e. The summed E-state index contributed by atoms with van der Waals surface area (Å²) in [6.45, 7) is 9.02. The van der Waals surface area contributed by atoms with E-state index in [9.17, 15) is 0 Å². The third kappa shape index (κ3) is 3.57. The van der Waals surface area contributed by atoms with Gasteiger partial charge in [-0.2, -0.15) is 0 Å². The van der Waals surface area contributed by atoms with E-state index >= 15 is 0 Å². The Hall–Kier alpha value is -1.10. The van der Waals surface area contributed by atoms with Crippen molar-refractivity contribution in [1.29, 1.82) is 0 Å². The van der Waals surface area contributed by atoms with E-state index in [1.165, 1.54) is 68.9 Å². The van der Waals surface area contributed by atoms with Crippen LogP contribution in [0.1, 0.15) is 17.5 Å². The molecule has 2 aliphatic rings. The van der Waals surface area contributed by atoms with Gasteiger partial charge in [0.1, 0.15) is 0 Å². The number of fused-ring (bicyclic) bond motifs is 1. The minimum atomic E-state index is 0.647. The molecule has 1 saturated heterocycles. The first-order valence-electron chi connectivity index (χ1n) is 8.24. The summed E-state index contributed by atoms with van der Waals surface area (Å²) in [5, 5.41) is 0. The van der Waals surface area contributed by atoms with Crippen molar-refractivity contribution >= 4 is 5.69 Å². The molecule has 2 heterocycles. The molecule has 2 N–H and O–H groups in total. The molecule has 116 valence electrons. The fourth-order valence-corrected chi connectivity index (χ4v) is 3.42. The van der Waals surface area contributed by atoms with E-state index in [0.29, 0.717) is 6.54 Å². The molecule has 0 aromatic heterocycles. The van der Waals surface area contributed by atoms with E-state index in [1.807, 2.05) is 0 Å². The van der Waals surface area contributed by atoms with Crippen LogP contribution in [-0.2, 0) is 13.0 Å². The molecule has 0 aliphatic carbocycles. The molecule has 4 nitrogen and oxygen atoms in total. The number of piperazine rings is 1. The lowest BCUT2D eigenvalue weighted by Crippen LogP contribution is -2.47. The lowest BCUT2D eigenvalue weighted by Gasteiger charge is -2.36. The largest absolute Gasteiger partial charge is 0.370 e. The SMILES string of the molecule is CN1CCN(CCN2CCCc3cc(CN)ccc32)CC1. The molecule has 0 atom stereocenters. The second kappa shape index (κ2) is 6.77. The average Bonchev–Trinajstić information content (AvgIpc) is 2.53. The zero-order valence-corrected chi connectivity index (χ0v) is 13.2. The van der Waals surface area contributed by atoms with Crippen molar-refractivity contribution < 1.29 is 0 Å². The highest BCUT2D eigenvalue weighted by Crippen LogP contribution is 2.27. The summed E-state index contributed by atoms with van der Waals surface area (Å²) in [6.07, 6.45) is 2.47. The van der Waals surface area contributed by atoms with Crippen molar-refractivity contribution in [2.75, 3.05) is 57.8 Å². The summed E-state index contributed by atoms with van der Waals surface area (Å²) in [6, 6.07) is 6.77. The average molecular weight is 288 g/mol. The zero-order valence-electron chi connectivity index (χ0n) is 13.2. The van der Waals surface area contributed by atoms with Crippen LogP contribution < -0.4 is 10.6 Å². The quantitative estimate of drug-likeness (QED) is 0.901. The number of aryl methyl sites for hydroxylation is 1. The minimum Gasteiger partial charge on any atom is -0.370 e. The third-order valence-electron chi connectivity index (χ3n) is 4.88. The molecule has 1 aromatic carbocycles. The first kappa shape index (κ1) is 14.8. The predicted octanol–water partition coefficient (Wildman–Crippen LogP) is 1.15. The lowest BCUT2D eigenvalue weighted by molar-refractivity contribution is 0.156. The highest BCUT2D eigenvalue weighted by molar-refractivity contribution is 5.56. The van der Waals surface area contributed by atoms with Crippen molar-refractivity contribution in [3.8, 4) is 0 Å². The molecular formula is C17H28N4. The molecule has 0 amide bonds. The molecule has 0 spiro atoms. The maximum absolute atomic E-state index is 5.76. The highest BCUT2D eigenvalue weighted by atomic mass is 15.3. The molecule has 3 rings (SSSR count). The van der Waals surface area contributed by atoms with Gasteiger partial charge in [0.2, 0.25) is 0 Å². The van der Waals surface area contributed by atoms with E-state index in [4.69, 9.17) is 5.73 Å². The van der Waals surface area contributed by atoms with Crippen LogP contribution in [0.3, 0.4) is 0 Å². The van der Waals surface area contributed by atoms with Crippen LogP contribution in [0.5, 0.6) is 0 Å². The van der Waals surface area contributed by atoms with Crippen molar-refractivity contribution in [3.05, 3.63) is 29.3 Å². The Balaban J connectivity index is 1.60. The summed E-state index contributed by atoms with van der Waals surface area (Å²) in [5.74, 6) is 0.